The van der Waals surface area contributed by atoms with Crippen molar-refractivity contribution in [3.05, 3.63) is 60.2 Å². The van der Waals surface area contributed by atoms with Crippen molar-refractivity contribution in [2.24, 2.45) is 5.41 Å². The second-order valence-corrected chi connectivity index (χ2v) is 8.55. The summed E-state index contributed by atoms with van der Waals surface area (Å²) in [5, 5.41) is 11.7. The number of rotatable bonds is 7. The zero-order valence-corrected chi connectivity index (χ0v) is 17.8. The number of imide groups is 1. The monoisotopic (exact) mass is 425 g/mol. The summed E-state index contributed by atoms with van der Waals surface area (Å²) in [4.78, 5) is 38.4. The maximum atomic E-state index is 12.9. The van der Waals surface area contributed by atoms with E-state index < -0.39 is 35.3 Å². The van der Waals surface area contributed by atoms with E-state index in [4.69, 9.17) is 9.94 Å². The molecular formula is C23H27N3O5. The van der Waals surface area contributed by atoms with Crippen LogP contribution in [0.3, 0.4) is 0 Å². The van der Waals surface area contributed by atoms with Crippen LogP contribution < -0.4 is 15.5 Å². The van der Waals surface area contributed by atoms with Crippen LogP contribution in [0.25, 0.3) is 0 Å². The Bertz CT molecular complexity index is 938. The number of urea groups is 1. The highest BCUT2D eigenvalue weighted by molar-refractivity contribution is 6.07. The van der Waals surface area contributed by atoms with E-state index in [1.807, 2.05) is 54.6 Å². The lowest BCUT2D eigenvalue weighted by atomic mass is 9.85. The summed E-state index contributed by atoms with van der Waals surface area (Å²) in [5.74, 6) is 0.174. The van der Waals surface area contributed by atoms with Gasteiger partial charge in [0, 0.05) is 0 Å². The Morgan fingerprint density at radius 1 is 1.10 bits per heavy atom. The summed E-state index contributed by atoms with van der Waals surface area (Å²) < 4.78 is 5.77. The van der Waals surface area contributed by atoms with E-state index >= 15 is 0 Å². The number of hydrogen-bond donors (Lipinski definition) is 3. The fourth-order valence-electron chi connectivity index (χ4n) is 3.61. The molecule has 0 spiro atoms. The Balaban J connectivity index is 1.62. The molecule has 2 aromatic rings. The predicted molar refractivity (Wildman–Crippen MR) is 114 cm³/mol. The van der Waals surface area contributed by atoms with Gasteiger partial charge in [0.05, 0.1) is 0 Å². The summed E-state index contributed by atoms with van der Waals surface area (Å²) in [7, 11) is 0. The lowest BCUT2D eigenvalue weighted by molar-refractivity contribution is -0.144. The number of hydroxylamine groups is 1. The van der Waals surface area contributed by atoms with Crippen molar-refractivity contribution in [2.75, 3.05) is 0 Å². The van der Waals surface area contributed by atoms with E-state index in [2.05, 4.69) is 5.32 Å². The quantitative estimate of drug-likeness (QED) is 0.359. The number of benzene rings is 2. The normalized spacial score (nSPS) is 17.3. The van der Waals surface area contributed by atoms with Gasteiger partial charge in [0.25, 0.3) is 11.8 Å². The Morgan fingerprint density at radius 3 is 2.29 bits per heavy atom. The molecule has 0 aliphatic carbocycles. The zero-order valence-electron chi connectivity index (χ0n) is 17.8. The third kappa shape index (κ3) is 5.21. The maximum Gasteiger partial charge on any atom is 0.325 e. The number of aryl methyl sites for hydroxylation is 1. The molecule has 3 N–H and O–H groups in total. The first-order valence-electron chi connectivity index (χ1n) is 10.1. The van der Waals surface area contributed by atoms with Crippen LogP contribution in [0.2, 0.25) is 0 Å². The Labute approximate surface area is 181 Å². The van der Waals surface area contributed by atoms with E-state index in [0.717, 1.165) is 16.2 Å². The molecule has 0 bridgehead atoms. The van der Waals surface area contributed by atoms with Gasteiger partial charge in [-0.1, -0.05) is 51.1 Å². The maximum absolute atomic E-state index is 12.9. The third-order valence-electron chi connectivity index (χ3n) is 5.11. The van der Waals surface area contributed by atoms with Crippen molar-refractivity contribution in [3.63, 3.8) is 0 Å². The highest BCUT2D eigenvalue weighted by Gasteiger charge is 2.48. The van der Waals surface area contributed by atoms with Gasteiger partial charge in [-0.05, 0) is 48.1 Å². The van der Waals surface area contributed by atoms with Crippen LogP contribution >= 0.6 is 0 Å². The number of nitrogens with one attached hydrogen (secondary N) is 2. The molecule has 4 amide bonds. The lowest BCUT2D eigenvalue weighted by Crippen LogP contribution is -2.55. The van der Waals surface area contributed by atoms with Gasteiger partial charge < -0.3 is 10.1 Å². The second kappa shape index (κ2) is 9.18. The summed E-state index contributed by atoms with van der Waals surface area (Å²) in [6.45, 7) is 5.17. The van der Waals surface area contributed by atoms with Crippen LogP contribution in [0, 0.1) is 5.41 Å². The minimum Gasteiger partial charge on any atom is -0.457 e. The highest BCUT2D eigenvalue weighted by Crippen LogP contribution is 2.28. The van der Waals surface area contributed by atoms with Gasteiger partial charge in [-0.2, -0.15) is 0 Å². The van der Waals surface area contributed by atoms with Crippen molar-refractivity contribution < 1.29 is 24.3 Å². The standard InChI is InChI=1S/C23H27N3O5/c1-23(2,3)19(20(27)25-30)26-21(28)18(24-22(26)29)14-11-15-9-12-17(13-10-15)31-16-7-5-4-6-8-16/h4-10,12-13,18-19,30H,11,14H2,1-3H3,(H,24,29)(H,25,27). The largest absolute Gasteiger partial charge is 0.457 e. The smallest absolute Gasteiger partial charge is 0.325 e. The summed E-state index contributed by atoms with van der Waals surface area (Å²) in [5.41, 5.74) is 1.80. The molecule has 1 aliphatic rings. The molecular weight excluding hydrogens is 398 g/mol. The molecule has 3 rings (SSSR count). The Kier molecular flexibility index (Phi) is 6.60. The van der Waals surface area contributed by atoms with Gasteiger partial charge in [-0.3, -0.25) is 14.8 Å². The predicted octanol–water partition coefficient (Wildman–Crippen LogP) is 3.25. The highest BCUT2D eigenvalue weighted by atomic mass is 16.5. The van der Waals surface area contributed by atoms with Gasteiger partial charge in [0.1, 0.15) is 23.6 Å². The molecule has 8 heteroatoms. The zero-order chi connectivity index (χ0) is 22.6. The number of amides is 4. The van der Waals surface area contributed by atoms with Gasteiger partial charge in [0.15, 0.2) is 0 Å². The van der Waals surface area contributed by atoms with Gasteiger partial charge in [0.2, 0.25) is 0 Å². The first-order valence-corrected chi connectivity index (χ1v) is 10.1. The van der Waals surface area contributed by atoms with Crippen molar-refractivity contribution >= 4 is 17.8 Å². The molecule has 1 heterocycles. The van der Waals surface area contributed by atoms with E-state index in [9.17, 15) is 14.4 Å². The van der Waals surface area contributed by atoms with Crippen LogP contribution in [-0.4, -0.2) is 40.0 Å². The van der Waals surface area contributed by atoms with Gasteiger partial charge in [-0.15, -0.1) is 0 Å². The van der Waals surface area contributed by atoms with Crippen molar-refractivity contribution in [1.82, 2.24) is 15.7 Å². The van der Waals surface area contributed by atoms with Gasteiger partial charge in [-0.25, -0.2) is 15.2 Å². The fraction of sp³-hybridized carbons (Fsp3) is 0.348. The number of ether oxygens (including phenoxy) is 1. The molecule has 1 saturated heterocycles. The molecule has 2 unspecified atom stereocenters. The number of hydrogen-bond acceptors (Lipinski definition) is 5. The van der Waals surface area contributed by atoms with Gasteiger partial charge >= 0.3 is 6.03 Å². The van der Waals surface area contributed by atoms with E-state index in [0.29, 0.717) is 18.6 Å². The van der Waals surface area contributed by atoms with Crippen molar-refractivity contribution in [1.29, 1.82) is 0 Å². The average Bonchev–Trinajstić information content (AvgIpc) is 3.01. The molecule has 0 saturated carbocycles. The minimum absolute atomic E-state index is 0.386. The van der Waals surface area contributed by atoms with E-state index in [-0.39, 0.29) is 0 Å². The number of carbonyl (C=O) groups excluding carboxylic acids is 3. The first kappa shape index (κ1) is 22.3. The number of nitrogens with zero attached hydrogens (tertiary/aromatic N) is 1. The Morgan fingerprint density at radius 2 is 1.71 bits per heavy atom. The lowest BCUT2D eigenvalue weighted by Gasteiger charge is -2.34. The average molecular weight is 425 g/mol. The molecule has 2 atom stereocenters. The van der Waals surface area contributed by atoms with Crippen LogP contribution in [0.1, 0.15) is 32.8 Å². The van der Waals surface area contributed by atoms with E-state index in [1.165, 1.54) is 0 Å². The molecule has 31 heavy (non-hydrogen) atoms. The summed E-state index contributed by atoms with van der Waals surface area (Å²) in [6.07, 6.45) is 0.945. The number of carbonyl (C=O) groups is 3. The van der Waals surface area contributed by atoms with E-state index in [1.54, 1.807) is 26.3 Å². The Hall–Kier alpha value is -3.39. The van der Waals surface area contributed by atoms with Crippen LogP contribution in [-0.2, 0) is 16.0 Å². The van der Waals surface area contributed by atoms with Crippen LogP contribution in [0.5, 0.6) is 11.5 Å². The molecule has 2 aromatic carbocycles. The molecule has 8 nitrogen and oxygen atoms in total. The molecule has 1 fully saturated rings. The fourth-order valence-corrected chi connectivity index (χ4v) is 3.61. The number of para-hydroxylation sites is 1. The summed E-state index contributed by atoms with van der Waals surface area (Å²) >= 11 is 0. The first-order chi connectivity index (χ1) is 14.7. The molecule has 164 valence electrons. The topological polar surface area (TPSA) is 108 Å². The second-order valence-electron chi connectivity index (χ2n) is 8.55. The molecule has 1 aliphatic heterocycles. The molecule has 0 aromatic heterocycles. The van der Waals surface area contributed by atoms with Crippen LogP contribution in [0.4, 0.5) is 4.79 Å². The van der Waals surface area contributed by atoms with Crippen LogP contribution in [0.15, 0.2) is 54.6 Å². The SMILES string of the molecule is CC(C)(C)C(C(=O)NO)N1C(=O)NC(CCc2ccc(Oc3ccccc3)cc2)C1=O. The third-order valence-corrected chi connectivity index (χ3v) is 5.11. The summed E-state index contributed by atoms with van der Waals surface area (Å²) in [6, 6.07) is 14.5. The molecule has 0 radical (unpaired) electrons. The van der Waals surface area contributed by atoms with Crippen molar-refractivity contribution in [2.45, 2.75) is 45.7 Å². The van der Waals surface area contributed by atoms with Crippen molar-refractivity contribution in [3.8, 4) is 11.5 Å². The minimum atomic E-state index is -1.12.